The van der Waals surface area contributed by atoms with Gasteiger partial charge in [-0.1, -0.05) is 0 Å². The average Bonchev–Trinajstić information content (AvgIpc) is 1.59. The summed E-state index contributed by atoms with van der Waals surface area (Å²) in [4.78, 5) is 9.74. The highest BCUT2D eigenvalue weighted by Crippen LogP contribution is 2.18. The highest BCUT2D eigenvalue weighted by molar-refractivity contribution is 5.66. The Morgan fingerprint density at radius 2 is 2.00 bits per heavy atom. The van der Waals surface area contributed by atoms with E-state index in [-0.39, 0.29) is 0 Å². The van der Waals surface area contributed by atoms with Gasteiger partial charge in [0, 0.05) is 6.92 Å². The first-order valence-electron chi connectivity index (χ1n) is 2.00. The fourth-order valence-corrected chi connectivity index (χ4v) is 0.150. The first-order chi connectivity index (χ1) is 3.92. The minimum absolute atomic E-state index is 0.463. The van der Waals surface area contributed by atoms with Crippen molar-refractivity contribution in [2.24, 2.45) is 0 Å². The van der Waals surface area contributed by atoms with Crippen molar-refractivity contribution in [2.45, 2.75) is 13.1 Å². The number of alkyl halides is 3. The van der Waals surface area contributed by atoms with E-state index in [2.05, 4.69) is 4.74 Å². The third-order valence-corrected chi connectivity index (χ3v) is 0.359. The smallest absolute Gasteiger partial charge is 0.429 e. The molecule has 0 aromatic heterocycles. The molecule has 53 valence electrons. The van der Waals surface area contributed by atoms with E-state index in [1.807, 2.05) is 0 Å². The number of hydrogen-bond donors (Lipinski definition) is 0. The molecule has 0 saturated heterocycles. The van der Waals surface area contributed by atoms with Crippen LogP contribution in [0.5, 0.6) is 0 Å². The van der Waals surface area contributed by atoms with Gasteiger partial charge in [0.25, 0.3) is 0 Å². The van der Waals surface area contributed by atoms with Gasteiger partial charge in [0.2, 0.25) is 6.61 Å². The number of ether oxygens (including phenoxy) is 1. The first kappa shape index (κ1) is 8.26. The minimum atomic E-state index is -4.54. The van der Waals surface area contributed by atoms with Crippen LogP contribution in [0.15, 0.2) is 0 Å². The largest absolute Gasteiger partial charge is 0.448 e. The molecule has 2 nitrogen and oxygen atoms in total. The Morgan fingerprint density at radius 1 is 1.56 bits per heavy atom. The van der Waals surface area contributed by atoms with E-state index in [9.17, 15) is 18.0 Å². The van der Waals surface area contributed by atoms with Gasteiger partial charge in [-0.3, -0.25) is 4.79 Å². The fraction of sp³-hybridized carbons (Fsp3) is 0.500. The molecule has 0 N–H and O–H groups in total. The lowest BCUT2D eigenvalue weighted by atomic mass is 10.7. The van der Waals surface area contributed by atoms with Crippen molar-refractivity contribution in [1.82, 2.24) is 0 Å². The molecule has 0 amide bonds. The summed E-state index contributed by atoms with van der Waals surface area (Å²) in [6, 6.07) is 0. The molecule has 0 unspecified atom stereocenters. The van der Waals surface area contributed by atoms with Crippen molar-refractivity contribution >= 4 is 5.97 Å². The van der Waals surface area contributed by atoms with Crippen molar-refractivity contribution in [3.8, 4) is 0 Å². The molecule has 5 heteroatoms. The molecule has 0 aliphatic rings. The van der Waals surface area contributed by atoms with Crippen LogP contribution in [0.2, 0.25) is 0 Å². The summed E-state index contributed by atoms with van der Waals surface area (Å²) in [6.07, 6.45) is -4.54. The maximum Gasteiger partial charge on any atom is 0.429 e. The molecule has 0 aromatic rings. The number of carbonyl (C=O) groups excluding carboxylic acids is 1. The van der Waals surface area contributed by atoms with Gasteiger partial charge in [-0.25, -0.2) is 0 Å². The summed E-state index contributed by atoms with van der Waals surface area (Å²) < 4.78 is 36.8. The highest BCUT2D eigenvalue weighted by atomic mass is 19.4. The molecule has 0 spiro atoms. The van der Waals surface area contributed by atoms with E-state index >= 15 is 0 Å². The van der Waals surface area contributed by atoms with Crippen molar-refractivity contribution in [1.29, 1.82) is 0 Å². The van der Waals surface area contributed by atoms with Gasteiger partial charge >= 0.3 is 12.1 Å². The van der Waals surface area contributed by atoms with Crippen LogP contribution < -0.4 is 0 Å². The summed E-state index contributed by atoms with van der Waals surface area (Å²) in [6.45, 7) is 0.428. The molecule has 0 saturated carbocycles. The molecule has 0 aliphatic carbocycles. The Labute approximate surface area is 49.6 Å². The normalized spacial score (nSPS) is 11.1. The fourth-order valence-electron chi connectivity index (χ4n) is 0.150. The van der Waals surface area contributed by atoms with Gasteiger partial charge in [-0.2, -0.15) is 13.2 Å². The molecule has 0 rings (SSSR count). The Kier molecular flexibility index (Phi) is 2.48. The van der Waals surface area contributed by atoms with Crippen LogP contribution in [0.4, 0.5) is 13.2 Å². The van der Waals surface area contributed by atoms with Crippen LogP contribution in [0.1, 0.15) is 6.92 Å². The first-order valence-corrected chi connectivity index (χ1v) is 2.00. The van der Waals surface area contributed by atoms with E-state index in [4.69, 9.17) is 0 Å². The van der Waals surface area contributed by atoms with Gasteiger partial charge < -0.3 is 4.74 Å². The minimum Gasteiger partial charge on any atom is -0.448 e. The third-order valence-electron chi connectivity index (χ3n) is 0.359. The summed E-state index contributed by atoms with van der Waals surface area (Å²) in [5, 5.41) is 0. The zero-order chi connectivity index (χ0) is 7.49. The maximum atomic E-state index is 11.1. The molecule has 0 aromatic carbocycles. The van der Waals surface area contributed by atoms with Crippen LogP contribution in [-0.2, 0) is 9.53 Å². The predicted molar refractivity (Wildman–Crippen MR) is 22.1 cm³/mol. The van der Waals surface area contributed by atoms with Crippen molar-refractivity contribution in [2.75, 3.05) is 0 Å². The summed E-state index contributed by atoms with van der Waals surface area (Å²) in [7, 11) is 0. The Bertz CT molecular complexity index is 107. The number of rotatable bonds is 1. The van der Waals surface area contributed by atoms with Crippen LogP contribution in [-0.4, -0.2) is 12.1 Å². The molecule has 9 heavy (non-hydrogen) atoms. The lowest BCUT2D eigenvalue weighted by Gasteiger charge is -2.02. The molecular weight excluding hydrogens is 137 g/mol. The van der Waals surface area contributed by atoms with Crippen molar-refractivity contribution < 1.29 is 22.7 Å². The van der Waals surface area contributed by atoms with E-state index < -0.39 is 18.8 Å². The number of carbonyl (C=O) groups is 1. The molecule has 0 bridgehead atoms. The second-order valence-electron chi connectivity index (χ2n) is 1.27. The van der Waals surface area contributed by atoms with Gasteiger partial charge in [0.15, 0.2) is 0 Å². The number of halogens is 3. The Morgan fingerprint density at radius 3 is 2.11 bits per heavy atom. The Balaban J connectivity index is 3.39. The monoisotopic (exact) mass is 141 g/mol. The SMILES string of the molecule is CC(=O)O[CH]C(F)(F)F. The van der Waals surface area contributed by atoms with E-state index in [1.54, 1.807) is 0 Å². The van der Waals surface area contributed by atoms with E-state index in [0.29, 0.717) is 0 Å². The zero-order valence-electron chi connectivity index (χ0n) is 4.53. The molecule has 0 heterocycles. The van der Waals surface area contributed by atoms with Gasteiger partial charge in [0.05, 0.1) is 0 Å². The summed E-state index contributed by atoms with van der Waals surface area (Å²) in [5.41, 5.74) is 0. The highest BCUT2D eigenvalue weighted by Gasteiger charge is 2.30. The maximum absolute atomic E-state index is 11.1. The Hall–Kier alpha value is -0.740. The quantitative estimate of drug-likeness (QED) is 0.514. The van der Waals surface area contributed by atoms with Gasteiger partial charge in [-0.15, -0.1) is 0 Å². The molecular formula is C4H4F3O2. The number of hydrogen-bond acceptors (Lipinski definition) is 2. The summed E-state index contributed by atoms with van der Waals surface area (Å²) >= 11 is 0. The lowest BCUT2D eigenvalue weighted by Crippen LogP contribution is -2.12. The van der Waals surface area contributed by atoms with Crippen molar-refractivity contribution in [3.63, 3.8) is 0 Å². The molecule has 0 aliphatic heterocycles. The van der Waals surface area contributed by atoms with Crippen LogP contribution in [0.25, 0.3) is 0 Å². The second kappa shape index (κ2) is 2.70. The average molecular weight is 141 g/mol. The van der Waals surface area contributed by atoms with Crippen LogP contribution in [0.3, 0.4) is 0 Å². The van der Waals surface area contributed by atoms with E-state index in [0.717, 1.165) is 6.92 Å². The molecule has 0 fully saturated rings. The zero-order valence-corrected chi connectivity index (χ0v) is 4.53. The van der Waals surface area contributed by atoms with E-state index in [1.165, 1.54) is 0 Å². The molecule has 0 atom stereocenters. The van der Waals surface area contributed by atoms with Crippen LogP contribution >= 0.6 is 0 Å². The van der Waals surface area contributed by atoms with Crippen LogP contribution in [0, 0.1) is 6.61 Å². The molecule has 1 radical (unpaired) electrons. The van der Waals surface area contributed by atoms with Gasteiger partial charge in [0.1, 0.15) is 0 Å². The standard InChI is InChI=1S/C4H4F3O2/c1-3(8)9-2-4(5,6)7/h2H,1H3. The topological polar surface area (TPSA) is 26.3 Å². The lowest BCUT2D eigenvalue weighted by molar-refractivity contribution is -0.162. The van der Waals surface area contributed by atoms with Crippen molar-refractivity contribution in [3.05, 3.63) is 6.61 Å². The summed E-state index contributed by atoms with van der Waals surface area (Å²) in [5.74, 6) is -0.979. The number of esters is 1. The van der Waals surface area contributed by atoms with Gasteiger partial charge in [-0.05, 0) is 0 Å². The predicted octanol–water partition coefficient (Wildman–Crippen LogP) is 1.27. The second-order valence-corrected chi connectivity index (χ2v) is 1.27. The third kappa shape index (κ3) is 7.26.